The Morgan fingerprint density at radius 1 is 1.45 bits per heavy atom. The van der Waals surface area contributed by atoms with Gasteiger partial charge in [0, 0.05) is 10.9 Å². The molecule has 0 spiro atoms. The third-order valence-corrected chi connectivity index (χ3v) is 4.08. The molecule has 0 saturated carbocycles. The minimum absolute atomic E-state index is 0.147. The maximum atomic E-state index is 12.1. The smallest absolute Gasteiger partial charge is 0.256 e. The first kappa shape index (κ1) is 14.8. The van der Waals surface area contributed by atoms with Crippen molar-refractivity contribution in [3.63, 3.8) is 0 Å². The summed E-state index contributed by atoms with van der Waals surface area (Å²) < 4.78 is 0.926. The van der Waals surface area contributed by atoms with Crippen molar-refractivity contribution in [3.05, 3.63) is 50.1 Å². The first-order chi connectivity index (χ1) is 9.60. The van der Waals surface area contributed by atoms with E-state index in [2.05, 4.69) is 33.1 Å². The molecule has 2 rings (SSSR count). The maximum Gasteiger partial charge on any atom is 0.256 e. The minimum atomic E-state index is -0.147. The fourth-order valence-electron chi connectivity index (χ4n) is 1.64. The van der Waals surface area contributed by atoms with Gasteiger partial charge in [0.15, 0.2) is 0 Å². The number of nitrogens with two attached hydrogens (primary N) is 1. The highest BCUT2D eigenvalue weighted by molar-refractivity contribution is 9.11. The molecule has 0 atom stereocenters. The van der Waals surface area contributed by atoms with Gasteiger partial charge in [0.05, 0.1) is 21.6 Å². The molecule has 0 aliphatic rings. The molecule has 1 amide bonds. The van der Waals surface area contributed by atoms with Crippen molar-refractivity contribution in [2.24, 2.45) is 5.73 Å². The maximum absolute atomic E-state index is 12.1. The Hall–Kier alpha value is -1.61. The third kappa shape index (κ3) is 3.70. The van der Waals surface area contributed by atoms with E-state index >= 15 is 0 Å². The zero-order valence-corrected chi connectivity index (χ0v) is 13.3. The molecule has 1 aromatic heterocycles. The summed E-state index contributed by atoms with van der Waals surface area (Å²) in [6.07, 6.45) is 0. The molecule has 0 saturated heterocycles. The van der Waals surface area contributed by atoms with E-state index < -0.39 is 0 Å². The van der Waals surface area contributed by atoms with Crippen LogP contribution in [0, 0.1) is 18.8 Å². The highest BCUT2D eigenvalue weighted by Gasteiger charge is 2.10. The second kappa shape index (κ2) is 6.71. The standard InChI is InChI=1S/C15H13BrN2OS/c1-10-4-5-13(11(7-10)3-2-6-17)18-15(19)12-8-14(16)20-9-12/h4-5,7-9H,6,17H2,1H3,(H,18,19). The molecule has 5 heteroatoms. The molecule has 20 heavy (non-hydrogen) atoms. The summed E-state index contributed by atoms with van der Waals surface area (Å²) in [6, 6.07) is 7.52. The van der Waals surface area contributed by atoms with Crippen molar-refractivity contribution in [3.8, 4) is 11.8 Å². The van der Waals surface area contributed by atoms with E-state index in [1.165, 1.54) is 11.3 Å². The summed E-state index contributed by atoms with van der Waals surface area (Å²) in [5.41, 5.74) is 8.58. The van der Waals surface area contributed by atoms with Crippen molar-refractivity contribution in [1.82, 2.24) is 0 Å². The summed E-state index contributed by atoms with van der Waals surface area (Å²) in [4.78, 5) is 12.1. The van der Waals surface area contributed by atoms with Gasteiger partial charge < -0.3 is 11.1 Å². The average Bonchev–Trinajstić information content (AvgIpc) is 2.85. The largest absolute Gasteiger partial charge is 0.321 e. The molecular formula is C15H13BrN2OS. The van der Waals surface area contributed by atoms with Crippen LogP contribution in [-0.4, -0.2) is 12.5 Å². The minimum Gasteiger partial charge on any atom is -0.321 e. The fourth-order valence-corrected chi connectivity index (χ4v) is 2.78. The molecule has 0 radical (unpaired) electrons. The third-order valence-electron chi connectivity index (χ3n) is 2.58. The van der Waals surface area contributed by atoms with Gasteiger partial charge in [-0.25, -0.2) is 0 Å². The molecule has 0 fully saturated rings. The van der Waals surface area contributed by atoms with Gasteiger partial charge in [-0.1, -0.05) is 17.9 Å². The molecule has 0 unspecified atom stereocenters. The number of carbonyl (C=O) groups excluding carboxylic acids is 1. The van der Waals surface area contributed by atoms with Crippen molar-refractivity contribution < 1.29 is 4.79 Å². The van der Waals surface area contributed by atoms with Crippen LogP contribution in [-0.2, 0) is 0 Å². The lowest BCUT2D eigenvalue weighted by atomic mass is 10.1. The number of anilines is 1. The molecule has 102 valence electrons. The summed E-state index contributed by atoms with van der Waals surface area (Å²) in [6.45, 7) is 2.27. The highest BCUT2D eigenvalue weighted by atomic mass is 79.9. The number of hydrogen-bond donors (Lipinski definition) is 2. The molecule has 1 heterocycles. The van der Waals surface area contributed by atoms with Gasteiger partial charge in [-0.05, 0) is 46.6 Å². The Morgan fingerprint density at radius 3 is 2.90 bits per heavy atom. The van der Waals surface area contributed by atoms with E-state index in [0.717, 1.165) is 14.9 Å². The Balaban J connectivity index is 2.26. The van der Waals surface area contributed by atoms with Crippen LogP contribution in [0.5, 0.6) is 0 Å². The van der Waals surface area contributed by atoms with Gasteiger partial charge in [-0.15, -0.1) is 11.3 Å². The molecule has 2 aromatic rings. The topological polar surface area (TPSA) is 55.1 Å². The summed E-state index contributed by atoms with van der Waals surface area (Å²) in [7, 11) is 0. The van der Waals surface area contributed by atoms with Crippen molar-refractivity contribution >= 4 is 38.9 Å². The predicted molar refractivity (Wildman–Crippen MR) is 87.1 cm³/mol. The molecule has 3 N–H and O–H groups in total. The second-order valence-electron chi connectivity index (χ2n) is 4.15. The zero-order valence-electron chi connectivity index (χ0n) is 10.9. The molecule has 0 bridgehead atoms. The molecule has 0 aliphatic heterocycles. The van der Waals surface area contributed by atoms with E-state index in [-0.39, 0.29) is 5.91 Å². The Labute approximate surface area is 130 Å². The average molecular weight is 349 g/mol. The predicted octanol–water partition coefficient (Wildman–Crippen LogP) is 3.38. The number of benzene rings is 1. The normalized spacial score (nSPS) is 9.75. The second-order valence-corrected chi connectivity index (χ2v) is 6.44. The monoisotopic (exact) mass is 348 g/mol. The van der Waals surface area contributed by atoms with Gasteiger partial charge in [-0.3, -0.25) is 4.79 Å². The van der Waals surface area contributed by atoms with Crippen molar-refractivity contribution in [1.29, 1.82) is 0 Å². The highest BCUT2D eigenvalue weighted by Crippen LogP contribution is 2.22. The Bertz CT molecular complexity index is 697. The van der Waals surface area contributed by atoms with Crippen LogP contribution in [0.25, 0.3) is 0 Å². The first-order valence-electron chi connectivity index (χ1n) is 5.95. The number of amides is 1. The van der Waals surface area contributed by atoms with E-state index in [0.29, 0.717) is 17.8 Å². The lowest BCUT2D eigenvalue weighted by Crippen LogP contribution is -2.12. The van der Waals surface area contributed by atoms with Crippen LogP contribution in [0.3, 0.4) is 0 Å². The molecular weight excluding hydrogens is 336 g/mol. The van der Waals surface area contributed by atoms with Crippen LogP contribution in [0.2, 0.25) is 0 Å². The first-order valence-corrected chi connectivity index (χ1v) is 7.62. The quantitative estimate of drug-likeness (QED) is 0.817. The SMILES string of the molecule is Cc1ccc(NC(=O)c2csc(Br)c2)c(C#CCN)c1. The molecule has 3 nitrogen and oxygen atoms in total. The van der Waals surface area contributed by atoms with Crippen molar-refractivity contribution in [2.45, 2.75) is 6.92 Å². The Kier molecular flexibility index (Phi) is 4.96. The molecule has 1 aromatic carbocycles. The zero-order chi connectivity index (χ0) is 14.5. The number of carbonyl (C=O) groups is 1. The van der Waals surface area contributed by atoms with E-state index in [1.807, 2.05) is 25.1 Å². The van der Waals surface area contributed by atoms with Gasteiger partial charge in [0.25, 0.3) is 5.91 Å². The van der Waals surface area contributed by atoms with Crippen LogP contribution >= 0.6 is 27.3 Å². The van der Waals surface area contributed by atoms with Crippen LogP contribution in [0.1, 0.15) is 21.5 Å². The lowest BCUT2D eigenvalue weighted by molar-refractivity contribution is 0.102. The number of thiophene rings is 1. The fraction of sp³-hybridized carbons (Fsp3) is 0.133. The van der Waals surface area contributed by atoms with Crippen LogP contribution in [0.15, 0.2) is 33.4 Å². The van der Waals surface area contributed by atoms with Gasteiger partial charge in [0.1, 0.15) is 0 Å². The summed E-state index contributed by atoms with van der Waals surface area (Å²) in [5, 5.41) is 4.68. The number of rotatable bonds is 2. The van der Waals surface area contributed by atoms with Crippen LogP contribution in [0.4, 0.5) is 5.69 Å². The lowest BCUT2D eigenvalue weighted by Gasteiger charge is -2.07. The van der Waals surface area contributed by atoms with E-state index in [4.69, 9.17) is 5.73 Å². The number of aryl methyl sites for hydroxylation is 1. The van der Waals surface area contributed by atoms with Crippen LogP contribution < -0.4 is 11.1 Å². The summed E-state index contributed by atoms with van der Waals surface area (Å²) >= 11 is 4.82. The number of nitrogens with one attached hydrogen (secondary N) is 1. The van der Waals surface area contributed by atoms with E-state index in [9.17, 15) is 4.79 Å². The van der Waals surface area contributed by atoms with Crippen molar-refractivity contribution in [2.75, 3.05) is 11.9 Å². The number of halogens is 1. The number of hydrogen-bond acceptors (Lipinski definition) is 3. The van der Waals surface area contributed by atoms with Gasteiger partial charge >= 0.3 is 0 Å². The molecule has 0 aliphatic carbocycles. The summed E-state index contributed by atoms with van der Waals surface area (Å²) in [5.74, 6) is 5.64. The van der Waals surface area contributed by atoms with Gasteiger partial charge in [0.2, 0.25) is 0 Å². The Morgan fingerprint density at radius 2 is 2.25 bits per heavy atom. The van der Waals surface area contributed by atoms with E-state index in [1.54, 1.807) is 11.4 Å². The van der Waals surface area contributed by atoms with Gasteiger partial charge in [-0.2, -0.15) is 0 Å².